The molecule has 1 atom stereocenters. The largest absolute Gasteiger partial charge is 0.326 e. The van der Waals surface area contributed by atoms with E-state index in [0.29, 0.717) is 11.7 Å². The van der Waals surface area contributed by atoms with E-state index < -0.39 is 5.25 Å². The van der Waals surface area contributed by atoms with Crippen molar-refractivity contribution >= 4 is 40.1 Å². The molecule has 2 aromatic carbocycles. The van der Waals surface area contributed by atoms with Gasteiger partial charge in [-0.05, 0) is 37.6 Å². The van der Waals surface area contributed by atoms with Crippen LogP contribution in [0.4, 0.5) is 11.4 Å². The molecule has 0 spiro atoms. The minimum Gasteiger partial charge on any atom is -0.326 e. The zero-order valence-electron chi connectivity index (χ0n) is 14.8. The maximum absolute atomic E-state index is 12.6. The van der Waals surface area contributed by atoms with Gasteiger partial charge in [-0.3, -0.25) is 14.5 Å². The highest BCUT2D eigenvalue weighted by atomic mass is 32.2. The maximum Gasteiger partial charge on any atom is 0.242 e. The van der Waals surface area contributed by atoms with E-state index in [1.165, 1.54) is 11.8 Å². The van der Waals surface area contributed by atoms with Crippen LogP contribution in [0, 0.1) is 6.92 Å². The molecule has 1 heterocycles. The SMILES string of the molecule is CCN1C(=O)[C@@H](CC(=O)Nc2ccccc2C)SC1=Nc1ccccc1. The van der Waals surface area contributed by atoms with Crippen LogP contribution in [0.25, 0.3) is 0 Å². The highest BCUT2D eigenvalue weighted by molar-refractivity contribution is 8.15. The van der Waals surface area contributed by atoms with E-state index in [1.54, 1.807) is 4.90 Å². The average molecular weight is 367 g/mol. The molecule has 2 aromatic rings. The molecular weight excluding hydrogens is 346 g/mol. The number of rotatable bonds is 5. The van der Waals surface area contributed by atoms with E-state index in [-0.39, 0.29) is 18.2 Å². The quantitative estimate of drug-likeness (QED) is 0.870. The highest BCUT2D eigenvalue weighted by Gasteiger charge is 2.38. The Balaban J connectivity index is 1.71. The van der Waals surface area contributed by atoms with E-state index in [0.717, 1.165) is 16.9 Å². The summed E-state index contributed by atoms with van der Waals surface area (Å²) in [6.07, 6.45) is 0.127. The molecule has 3 rings (SSSR count). The molecule has 1 fully saturated rings. The smallest absolute Gasteiger partial charge is 0.242 e. The molecule has 0 saturated carbocycles. The first kappa shape index (κ1) is 18.2. The molecule has 1 aliphatic rings. The summed E-state index contributed by atoms with van der Waals surface area (Å²) < 4.78 is 0. The topological polar surface area (TPSA) is 61.8 Å². The standard InChI is InChI=1S/C20H21N3O2S/c1-3-23-19(25)17(26-20(23)21-15-10-5-4-6-11-15)13-18(24)22-16-12-8-7-9-14(16)2/h4-12,17H,3,13H2,1-2H3,(H,22,24)/t17-/m1/s1. The van der Waals surface area contributed by atoms with Crippen molar-refractivity contribution in [1.82, 2.24) is 4.90 Å². The van der Waals surface area contributed by atoms with Crippen LogP contribution < -0.4 is 5.32 Å². The van der Waals surface area contributed by atoms with Crippen LogP contribution in [0.2, 0.25) is 0 Å². The Hall–Kier alpha value is -2.60. The number of amidine groups is 1. The summed E-state index contributed by atoms with van der Waals surface area (Å²) in [6, 6.07) is 17.1. The van der Waals surface area contributed by atoms with Crippen molar-refractivity contribution in [3.63, 3.8) is 0 Å². The molecule has 0 radical (unpaired) electrons. The van der Waals surface area contributed by atoms with Crippen molar-refractivity contribution in [2.24, 2.45) is 4.99 Å². The molecule has 0 bridgehead atoms. The second kappa shape index (κ2) is 8.19. The fraction of sp³-hybridized carbons (Fsp3) is 0.250. The summed E-state index contributed by atoms with van der Waals surface area (Å²) in [5.74, 6) is -0.228. The Kier molecular flexibility index (Phi) is 5.73. The van der Waals surface area contributed by atoms with Gasteiger partial charge in [-0.25, -0.2) is 4.99 Å². The van der Waals surface area contributed by atoms with E-state index in [2.05, 4.69) is 10.3 Å². The number of aliphatic imine (C=N–C) groups is 1. The van der Waals surface area contributed by atoms with Gasteiger partial charge in [0.05, 0.1) is 5.69 Å². The Morgan fingerprint density at radius 2 is 1.85 bits per heavy atom. The lowest BCUT2D eigenvalue weighted by molar-refractivity contribution is -0.128. The summed E-state index contributed by atoms with van der Waals surface area (Å²) in [5.41, 5.74) is 2.57. The molecule has 1 N–H and O–H groups in total. The summed E-state index contributed by atoms with van der Waals surface area (Å²) in [5, 5.41) is 3.10. The van der Waals surface area contributed by atoms with Gasteiger partial charge in [0.2, 0.25) is 11.8 Å². The second-order valence-electron chi connectivity index (χ2n) is 5.99. The molecule has 1 saturated heterocycles. The molecule has 134 valence electrons. The van der Waals surface area contributed by atoms with Gasteiger partial charge in [-0.1, -0.05) is 48.2 Å². The first-order valence-electron chi connectivity index (χ1n) is 8.55. The lowest BCUT2D eigenvalue weighted by atomic mass is 10.2. The van der Waals surface area contributed by atoms with Gasteiger partial charge in [0.25, 0.3) is 0 Å². The normalized spacial score (nSPS) is 18.4. The van der Waals surface area contributed by atoms with Crippen molar-refractivity contribution in [3.05, 3.63) is 60.2 Å². The van der Waals surface area contributed by atoms with Crippen LogP contribution in [0.15, 0.2) is 59.6 Å². The second-order valence-corrected chi connectivity index (χ2v) is 7.16. The predicted molar refractivity (Wildman–Crippen MR) is 107 cm³/mol. The number of nitrogens with zero attached hydrogens (tertiary/aromatic N) is 2. The third kappa shape index (κ3) is 4.14. The Morgan fingerprint density at radius 3 is 2.54 bits per heavy atom. The first-order chi connectivity index (χ1) is 12.6. The lowest BCUT2D eigenvalue weighted by Crippen LogP contribution is -2.33. The van der Waals surface area contributed by atoms with E-state index in [9.17, 15) is 9.59 Å². The van der Waals surface area contributed by atoms with Gasteiger partial charge >= 0.3 is 0 Å². The zero-order valence-corrected chi connectivity index (χ0v) is 15.6. The van der Waals surface area contributed by atoms with Crippen LogP contribution in [0.5, 0.6) is 0 Å². The number of hydrogen-bond donors (Lipinski definition) is 1. The fourth-order valence-electron chi connectivity index (χ4n) is 2.71. The monoisotopic (exact) mass is 367 g/mol. The summed E-state index contributed by atoms with van der Waals surface area (Å²) >= 11 is 1.35. The van der Waals surface area contributed by atoms with Gasteiger partial charge in [-0.2, -0.15) is 0 Å². The third-order valence-electron chi connectivity index (χ3n) is 4.11. The first-order valence-corrected chi connectivity index (χ1v) is 9.43. The number of nitrogens with one attached hydrogen (secondary N) is 1. The molecular formula is C20H21N3O2S. The number of anilines is 1. The number of para-hydroxylation sites is 2. The van der Waals surface area contributed by atoms with E-state index >= 15 is 0 Å². The van der Waals surface area contributed by atoms with Gasteiger partial charge < -0.3 is 5.32 Å². The summed E-state index contributed by atoms with van der Waals surface area (Å²) in [4.78, 5) is 31.2. The zero-order chi connectivity index (χ0) is 18.5. The molecule has 1 aliphatic heterocycles. The Morgan fingerprint density at radius 1 is 1.15 bits per heavy atom. The van der Waals surface area contributed by atoms with Gasteiger partial charge in [0, 0.05) is 18.7 Å². The number of carbonyl (C=O) groups is 2. The number of aryl methyl sites for hydroxylation is 1. The molecule has 0 aliphatic carbocycles. The molecule has 2 amide bonds. The number of benzene rings is 2. The van der Waals surface area contributed by atoms with Gasteiger partial charge in [-0.15, -0.1) is 0 Å². The van der Waals surface area contributed by atoms with Crippen LogP contribution in [-0.2, 0) is 9.59 Å². The van der Waals surface area contributed by atoms with Crippen molar-refractivity contribution in [1.29, 1.82) is 0 Å². The molecule has 26 heavy (non-hydrogen) atoms. The predicted octanol–water partition coefficient (Wildman–Crippen LogP) is 3.98. The van der Waals surface area contributed by atoms with Crippen LogP contribution in [-0.4, -0.2) is 33.7 Å². The molecule has 0 unspecified atom stereocenters. The number of carbonyl (C=O) groups excluding carboxylic acids is 2. The fourth-order valence-corrected chi connectivity index (χ4v) is 3.93. The van der Waals surface area contributed by atoms with Crippen molar-refractivity contribution in [2.45, 2.75) is 25.5 Å². The van der Waals surface area contributed by atoms with E-state index in [1.807, 2.05) is 68.4 Å². The van der Waals surface area contributed by atoms with Crippen LogP contribution in [0.1, 0.15) is 18.9 Å². The molecule has 0 aromatic heterocycles. The third-order valence-corrected chi connectivity index (χ3v) is 5.28. The average Bonchev–Trinajstić information content (AvgIpc) is 2.92. The van der Waals surface area contributed by atoms with Crippen LogP contribution >= 0.6 is 11.8 Å². The summed E-state index contributed by atoms with van der Waals surface area (Å²) in [7, 11) is 0. The van der Waals surface area contributed by atoms with Crippen molar-refractivity contribution in [3.8, 4) is 0 Å². The molecule has 5 nitrogen and oxygen atoms in total. The van der Waals surface area contributed by atoms with Gasteiger partial charge in [0.15, 0.2) is 5.17 Å². The maximum atomic E-state index is 12.6. The number of amides is 2. The Labute approximate surface area is 157 Å². The lowest BCUT2D eigenvalue weighted by Gasteiger charge is -2.13. The number of hydrogen-bond acceptors (Lipinski definition) is 4. The van der Waals surface area contributed by atoms with E-state index in [4.69, 9.17) is 0 Å². The number of thioether (sulfide) groups is 1. The molecule has 6 heteroatoms. The Bertz CT molecular complexity index is 836. The minimum atomic E-state index is -0.443. The minimum absolute atomic E-state index is 0.0629. The highest BCUT2D eigenvalue weighted by Crippen LogP contribution is 2.31. The van der Waals surface area contributed by atoms with Crippen LogP contribution in [0.3, 0.4) is 0 Å². The summed E-state index contributed by atoms with van der Waals surface area (Å²) in [6.45, 7) is 4.39. The van der Waals surface area contributed by atoms with Gasteiger partial charge in [0.1, 0.15) is 5.25 Å². The van der Waals surface area contributed by atoms with Crippen molar-refractivity contribution < 1.29 is 9.59 Å². The van der Waals surface area contributed by atoms with Crippen molar-refractivity contribution in [2.75, 3.05) is 11.9 Å².